The summed E-state index contributed by atoms with van der Waals surface area (Å²) in [5.41, 5.74) is 2.57. The lowest BCUT2D eigenvalue weighted by atomic mass is 9.73. The van der Waals surface area contributed by atoms with Crippen LogP contribution in [0.15, 0.2) is 48.5 Å². The summed E-state index contributed by atoms with van der Waals surface area (Å²) in [6.45, 7) is 6.33. The summed E-state index contributed by atoms with van der Waals surface area (Å²) in [6.07, 6.45) is 6.67. The highest BCUT2D eigenvalue weighted by molar-refractivity contribution is 6.42. The van der Waals surface area contributed by atoms with Crippen molar-refractivity contribution >= 4 is 41.5 Å². The van der Waals surface area contributed by atoms with Crippen LogP contribution in [0.3, 0.4) is 0 Å². The van der Waals surface area contributed by atoms with E-state index in [0.29, 0.717) is 23.1 Å². The van der Waals surface area contributed by atoms with Gasteiger partial charge in [0.2, 0.25) is 5.91 Å². The summed E-state index contributed by atoms with van der Waals surface area (Å²) in [5.74, 6) is 0.150. The fraction of sp³-hybridized carbons (Fsp3) is 0.519. The van der Waals surface area contributed by atoms with Gasteiger partial charge in [0.15, 0.2) is 0 Å². The molecule has 2 saturated heterocycles. The number of piperidine rings is 2. The van der Waals surface area contributed by atoms with Crippen molar-refractivity contribution in [1.82, 2.24) is 15.1 Å². The summed E-state index contributed by atoms with van der Waals surface area (Å²) in [4.78, 5) is 17.6. The molecule has 0 bridgehead atoms. The number of rotatable bonds is 8. The third-order valence-electron chi connectivity index (χ3n) is 7.21. The van der Waals surface area contributed by atoms with Crippen molar-refractivity contribution in [2.45, 2.75) is 45.1 Å². The molecule has 0 aliphatic carbocycles. The van der Waals surface area contributed by atoms with E-state index >= 15 is 0 Å². The molecule has 0 unspecified atom stereocenters. The second kappa shape index (κ2) is 13.1. The number of carbonyl (C=O) groups excluding carboxylic acids is 1. The average Bonchev–Trinajstić information content (AvgIpc) is 2.83. The Bertz CT molecular complexity index is 911. The van der Waals surface area contributed by atoms with Crippen molar-refractivity contribution in [2.24, 2.45) is 5.41 Å². The maximum absolute atomic E-state index is 12.8. The van der Waals surface area contributed by atoms with Crippen LogP contribution in [-0.4, -0.2) is 55.0 Å². The molecular formula is C27H36Cl3N3O. The molecule has 7 heteroatoms. The first-order valence-corrected chi connectivity index (χ1v) is 13.0. The number of halogens is 3. The Morgan fingerprint density at radius 1 is 0.853 bits per heavy atom. The zero-order valence-electron chi connectivity index (χ0n) is 19.8. The van der Waals surface area contributed by atoms with Crippen molar-refractivity contribution in [3.63, 3.8) is 0 Å². The topological polar surface area (TPSA) is 35.6 Å². The van der Waals surface area contributed by atoms with E-state index in [0.717, 1.165) is 52.0 Å². The van der Waals surface area contributed by atoms with Crippen molar-refractivity contribution in [1.29, 1.82) is 0 Å². The Labute approximate surface area is 220 Å². The van der Waals surface area contributed by atoms with Crippen LogP contribution in [0.5, 0.6) is 0 Å². The van der Waals surface area contributed by atoms with Crippen molar-refractivity contribution in [2.75, 3.05) is 39.3 Å². The van der Waals surface area contributed by atoms with E-state index in [1.165, 1.54) is 30.4 Å². The number of hydrogen-bond donors (Lipinski definition) is 1. The minimum Gasteiger partial charge on any atom is -0.354 e. The van der Waals surface area contributed by atoms with Gasteiger partial charge in [-0.1, -0.05) is 66.0 Å². The zero-order chi connectivity index (χ0) is 23.1. The van der Waals surface area contributed by atoms with Gasteiger partial charge < -0.3 is 5.32 Å². The second-order valence-corrected chi connectivity index (χ2v) is 10.6. The molecule has 2 aromatic rings. The van der Waals surface area contributed by atoms with E-state index in [4.69, 9.17) is 23.2 Å². The fourth-order valence-electron chi connectivity index (χ4n) is 5.19. The molecule has 0 aromatic heterocycles. The Hall–Kier alpha value is -1.30. The molecular weight excluding hydrogens is 489 g/mol. The lowest BCUT2D eigenvalue weighted by molar-refractivity contribution is -0.123. The highest BCUT2D eigenvalue weighted by Crippen LogP contribution is 2.36. The maximum Gasteiger partial charge on any atom is 0.234 e. The normalized spacial score (nSPS) is 18.8. The van der Waals surface area contributed by atoms with E-state index in [1.807, 2.05) is 12.1 Å². The highest BCUT2D eigenvalue weighted by Gasteiger charge is 2.35. The van der Waals surface area contributed by atoms with Crippen molar-refractivity contribution in [3.8, 4) is 0 Å². The molecule has 0 spiro atoms. The lowest BCUT2D eigenvalue weighted by Crippen LogP contribution is -2.49. The highest BCUT2D eigenvalue weighted by atomic mass is 35.5. The first-order chi connectivity index (χ1) is 16.0. The summed E-state index contributed by atoms with van der Waals surface area (Å²) in [7, 11) is 0. The number of nitrogens with zero attached hydrogens (tertiary/aromatic N) is 2. The molecule has 0 atom stereocenters. The van der Waals surface area contributed by atoms with Gasteiger partial charge in [-0.3, -0.25) is 14.6 Å². The molecule has 2 aliphatic rings. The molecule has 4 rings (SSSR count). The predicted octanol–water partition coefficient (Wildman–Crippen LogP) is 5.84. The van der Waals surface area contributed by atoms with E-state index in [9.17, 15) is 4.79 Å². The molecule has 2 fully saturated rings. The molecule has 2 heterocycles. The molecule has 1 amide bonds. The average molecular weight is 525 g/mol. The SMILES string of the molecule is Cl.O=C(CN1CCCCC1)NCC1(Cc2ccc(Cl)c(Cl)c2)CCN(Cc2ccccc2)CC1. The number of nitrogens with one attached hydrogen (secondary N) is 1. The van der Waals surface area contributed by atoms with Crippen LogP contribution in [0.25, 0.3) is 0 Å². The standard InChI is InChI=1S/C27H35Cl2N3O.ClH/c28-24-10-9-23(17-25(24)29)18-27(21-30-26(33)20-31-13-5-2-6-14-31)11-15-32(16-12-27)19-22-7-3-1-4-8-22;/h1,3-4,7-10,17H,2,5-6,11-16,18-21H2,(H,30,33);1H. The van der Waals surface area contributed by atoms with Crippen molar-refractivity contribution in [3.05, 3.63) is 69.7 Å². The quantitative estimate of drug-likeness (QED) is 0.471. The van der Waals surface area contributed by atoms with E-state index in [2.05, 4.69) is 51.5 Å². The molecule has 0 saturated carbocycles. The van der Waals surface area contributed by atoms with Crippen LogP contribution < -0.4 is 5.32 Å². The summed E-state index contributed by atoms with van der Waals surface area (Å²) >= 11 is 12.5. The molecule has 0 radical (unpaired) electrons. The maximum atomic E-state index is 12.8. The molecule has 2 aromatic carbocycles. The second-order valence-electron chi connectivity index (χ2n) is 9.80. The van der Waals surface area contributed by atoms with Gasteiger partial charge in [-0.15, -0.1) is 12.4 Å². The molecule has 2 aliphatic heterocycles. The zero-order valence-corrected chi connectivity index (χ0v) is 22.1. The van der Waals surface area contributed by atoms with Gasteiger partial charge in [0, 0.05) is 13.1 Å². The molecule has 34 heavy (non-hydrogen) atoms. The third-order valence-corrected chi connectivity index (χ3v) is 7.94. The lowest BCUT2D eigenvalue weighted by Gasteiger charge is -2.42. The van der Waals surface area contributed by atoms with Crippen LogP contribution in [0.1, 0.15) is 43.2 Å². The van der Waals surface area contributed by atoms with Crippen LogP contribution in [0.2, 0.25) is 10.0 Å². The first-order valence-electron chi connectivity index (χ1n) is 12.2. The van der Waals surface area contributed by atoms with Gasteiger partial charge in [0.1, 0.15) is 0 Å². The number of carbonyl (C=O) groups is 1. The summed E-state index contributed by atoms with van der Waals surface area (Å²) < 4.78 is 0. The largest absolute Gasteiger partial charge is 0.354 e. The Morgan fingerprint density at radius 3 is 2.24 bits per heavy atom. The Morgan fingerprint density at radius 2 is 1.56 bits per heavy atom. The predicted molar refractivity (Wildman–Crippen MR) is 144 cm³/mol. The van der Waals surface area contributed by atoms with Gasteiger partial charge in [0.25, 0.3) is 0 Å². The minimum atomic E-state index is 0. The monoisotopic (exact) mass is 523 g/mol. The number of benzene rings is 2. The van der Waals surface area contributed by atoms with E-state index < -0.39 is 0 Å². The van der Waals surface area contributed by atoms with Crippen LogP contribution in [0, 0.1) is 5.41 Å². The summed E-state index contributed by atoms with van der Waals surface area (Å²) in [6, 6.07) is 16.6. The smallest absolute Gasteiger partial charge is 0.234 e. The van der Waals surface area contributed by atoms with Gasteiger partial charge in [-0.05, 0) is 87.0 Å². The number of amides is 1. The van der Waals surface area contributed by atoms with E-state index in [-0.39, 0.29) is 23.7 Å². The Balaban J connectivity index is 0.00000324. The fourth-order valence-corrected chi connectivity index (χ4v) is 5.51. The van der Waals surface area contributed by atoms with Crippen LogP contribution in [0.4, 0.5) is 0 Å². The number of hydrogen-bond acceptors (Lipinski definition) is 3. The van der Waals surface area contributed by atoms with Gasteiger partial charge >= 0.3 is 0 Å². The molecule has 1 N–H and O–H groups in total. The van der Waals surface area contributed by atoms with Crippen LogP contribution in [-0.2, 0) is 17.8 Å². The molecule has 186 valence electrons. The number of likely N-dealkylation sites (tertiary alicyclic amines) is 2. The van der Waals surface area contributed by atoms with Gasteiger partial charge in [-0.25, -0.2) is 0 Å². The van der Waals surface area contributed by atoms with Crippen LogP contribution >= 0.6 is 35.6 Å². The van der Waals surface area contributed by atoms with Gasteiger partial charge in [-0.2, -0.15) is 0 Å². The summed E-state index contributed by atoms with van der Waals surface area (Å²) in [5, 5.41) is 4.48. The van der Waals surface area contributed by atoms with Gasteiger partial charge in [0.05, 0.1) is 16.6 Å². The first kappa shape index (κ1) is 27.3. The van der Waals surface area contributed by atoms with E-state index in [1.54, 1.807) is 0 Å². The third kappa shape index (κ3) is 7.86. The minimum absolute atomic E-state index is 0. The van der Waals surface area contributed by atoms with Crippen molar-refractivity contribution < 1.29 is 4.79 Å². The molecule has 4 nitrogen and oxygen atoms in total. The Kier molecular flexibility index (Phi) is 10.5.